The van der Waals surface area contributed by atoms with Gasteiger partial charge in [0.05, 0.1) is 35.1 Å². The lowest BCUT2D eigenvalue weighted by atomic mass is 10.0. The number of alkyl halides is 3. The molecule has 1 aromatic heterocycles. The number of anilines is 2. The molecule has 0 saturated heterocycles. The van der Waals surface area contributed by atoms with Gasteiger partial charge in [0.15, 0.2) is 0 Å². The molecule has 1 unspecified atom stereocenters. The third-order valence-corrected chi connectivity index (χ3v) is 8.67. The van der Waals surface area contributed by atoms with Gasteiger partial charge in [-0.1, -0.05) is 12.1 Å². The van der Waals surface area contributed by atoms with Crippen LogP contribution in [-0.4, -0.2) is 35.3 Å². The van der Waals surface area contributed by atoms with Crippen molar-refractivity contribution in [2.24, 2.45) is 5.92 Å². The number of nitrogens with two attached hydrogens (primary N) is 1. The summed E-state index contributed by atoms with van der Waals surface area (Å²) in [7, 11) is -4.06. The Morgan fingerprint density at radius 1 is 1.06 bits per heavy atom. The Morgan fingerprint density at radius 3 is 2.33 bits per heavy atom. The van der Waals surface area contributed by atoms with Crippen molar-refractivity contribution in [3.63, 3.8) is 0 Å². The van der Waals surface area contributed by atoms with Gasteiger partial charge in [-0.3, -0.25) is 0 Å². The van der Waals surface area contributed by atoms with Crippen molar-refractivity contribution in [3.8, 4) is 0 Å². The monoisotopic (exact) mass is 517 g/mol. The third-order valence-electron chi connectivity index (χ3n) is 6.84. The van der Waals surface area contributed by atoms with E-state index in [-0.39, 0.29) is 29.9 Å². The average Bonchev–Trinajstić information content (AvgIpc) is 3.68. The van der Waals surface area contributed by atoms with Crippen LogP contribution in [0, 0.1) is 12.8 Å². The van der Waals surface area contributed by atoms with E-state index in [1.165, 1.54) is 4.31 Å². The number of aromatic nitrogens is 2. The van der Waals surface area contributed by atoms with Gasteiger partial charge in [0.1, 0.15) is 5.82 Å². The molecule has 2 N–H and O–H groups in total. The lowest BCUT2D eigenvalue weighted by molar-refractivity contribution is -0.137. The fourth-order valence-electron chi connectivity index (χ4n) is 4.72. The van der Waals surface area contributed by atoms with Crippen molar-refractivity contribution in [1.29, 1.82) is 0 Å². The van der Waals surface area contributed by atoms with Crippen LogP contribution < -0.4 is 10.6 Å². The van der Waals surface area contributed by atoms with E-state index < -0.39 is 21.8 Å². The van der Waals surface area contributed by atoms with E-state index in [1.807, 2.05) is 25.1 Å². The molecule has 1 fully saturated rings. The topological polar surface area (TPSA) is 92.4 Å². The SMILES string of the molecule is Cc1cccc2c1CN(S(=O)(=O)c1ccc(C(F)(F)F)cc1)CC(C1CC1)N2Cc1ncc(N)cn1. The highest BCUT2D eigenvalue weighted by Crippen LogP contribution is 2.42. The molecular weight excluding hydrogens is 491 g/mol. The highest BCUT2D eigenvalue weighted by Gasteiger charge is 2.42. The molecule has 190 valence electrons. The number of aryl methyl sites for hydroxylation is 1. The van der Waals surface area contributed by atoms with Gasteiger partial charge in [-0.05, 0) is 67.1 Å². The number of nitrogen functional groups attached to an aromatic ring is 1. The van der Waals surface area contributed by atoms with Gasteiger partial charge < -0.3 is 10.6 Å². The standard InChI is InChI=1S/C25H26F3N5O2S/c1-16-3-2-4-22-21(16)13-32(36(34,35)20-9-7-18(8-10-20)25(26,27)28)14-23(17-5-6-17)33(22)15-24-30-11-19(29)12-31-24/h2-4,7-12,17,23H,5-6,13-15,29H2,1H3. The summed E-state index contributed by atoms with van der Waals surface area (Å²) in [6.45, 7) is 2.63. The Labute approximate surface area is 207 Å². The molecule has 3 aromatic rings. The predicted octanol–water partition coefficient (Wildman–Crippen LogP) is 4.38. The van der Waals surface area contributed by atoms with Gasteiger partial charge in [0.25, 0.3) is 0 Å². The maximum Gasteiger partial charge on any atom is 0.416 e. The Morgan fingerprint density at radius 2 is 1.72 bits per heavy atom. The summed E-state index contributed by atoms with van der Waals surface area (Å²) >= 11 is 0. The highest BCUT2D eigenvalue weighted by molar-refractivity contribution is 7.89. The van der Waals surface area contributed by atoms with E-state index >= 15 is 0 Å². The van der Waals surface area contributed by atoms with Crippen molar-refractivity contribution in [3.05, 3.63) is 77.4 Å². The first-order valence-electron chi connectivity index (χ1n) is 11.6. The molecular formula is C25H26F3N5O2S. The van der Waals surface area contributed by atoms with Crippen molar-refractivity contribution in [2.45, 2.75) is 50.0 Å². The minimum Gasteiger partial charge on any atom is -0.396 e. The molecule has 1 aliphatic carbocycles. The van der Waals surface area contributed by atoms with Crippen LogP contribution in [0.2, 0.25) is 0 Å². The molecule has 1 saturated carbocycles. The largest absolute Gasteiger partial charge is 0.416 e. The lowest BCUT2D eigenvalue weighted by Crippen LogP contribution is -2.44. The maximum absolute atomic E-state index is 13.7. The smallest absolute Gasteiger partial charge is 0.396 e. The van der Waals surface area contributed by atoms with Crippen LogP contribution in [0.25, 0.3) is 0 Å². The summed E-state index contributed by atoms with van der Waals surface area (Å²) in [5.74, 6) is 0.858. The van der Waals surface area contributed by atoms with Gasteiger partial charge in [0, 0.05) is 24.8 Å². The van der Waals surface area contributed by atoms with Gasteiger partial charge in [-0.15, -0.1) is 0 Å². The van der Waals surface area contributed by atoms with Crippen molar-refractivity contribution in [1.82, 2.24) is 14.3 Å². The number of nitrogens with zero attached hydrogens (tertiary/aromatic N) is 4. The van der Waals surface area contributed by atoms with Crippen molar-refractivity contribution < 1.29 is 21.6 Å². The molecule has 7 nitrogen and oxygen atoms in total. The summed E-state index contributed by atoms with van der Waals surface area (Å²) < 4.78 is 67.9. The molecule has 0 bridgehead atoms. The molecule has 36 heavy (non-hydrogen) atoms. The van der Waals surface area contributed by atoms with Gasteiger partial charge in [-0.25, -0.2) is 18.4 Å². The highest BCUT2D eigenvalue weighted by atomic mass is 32.2. The predicted molar refractivity (Wildman–Crippen MR) is 129 cm³/mol. The first-order chi connectivity index (χ1) is 17.0. The molecule has 0 amide bonds. The van der Waals surface area contributed by atoms with E-state index in [0.29, 0.717) is 18.1 Å². The maximum atomic E-state index is 13.7. The second-order valence-corrected chi connectivity index (χ2v) is 11.3. The second-order valence-electron chi connectivity index (χ2n) is 9.36. The van der Waals surface area contributed by atoms with Crippen LogP contribution in [0.5, 0.6) is 0 Å². The molecule has 2 aliphatic rings. The van der Waals surface area contributed by atoms with Gasteiger partial charge in [-0.2, -0.15) is 17.5 Å². The summed E-state index contributed by atoms with van der Waals surface area (Å²) in [6, 6.07) is 9.40. The number of sulfonamides is 1. The lowest BCUT2D eigenvalue weighted by Gasteiger charge is -2.34. The quantitative estimate of drug-likeness (QED) is 0.540. The van der Waals surface area contributed by atoms with E-state index in [0.717, 1.165) is 53.9 Å². The molecule has 0 spiro atoms. The zero-order valence-electron chi connectivity index (χ0n) is 19.6. The Hall–Kier alpha value is -3.18. The first-order valence-corrected chi connectivity index (χ1v) is 13.1. The van der Waals surface area contributed by atoms with Gasteiger partial charge in [0.2, 0.25) is 10.0 Å². The van der Waals surface area contributed by atoms with Crippen LogP contribution >= 0.6 is 0 Å². The van der Waals surface area contributed by atoms with Crippen LogP contribution in [0.15, 0.2) is 59.8 Å². The zero-order valence-corrected chi connectivity index (χ0v) is 20.4. The normalized spacial score (nSPS) is 19.1. The Kier molecular flexibility index (Phi) is 6.16. The van der Waals surface area contributed by atoms with Crippen LogP contribution in [0.3, 0.4) is 0 Å². The number of halogens is 3. The van der Waals surface area contributed by atoms with E-state index in [2.05, 4.69) is 14.9 Å². The third kappa shape index (κ3) is 4.77. The first kappa shape index (κ1) is 24.5. The summed E-state index contributed by atoms with van der Waals surface area (Å²) in [6.07, 6.45) is 0.497. The molecule has 1 aliphatic heterocycles. The van der Waals surface area contributed by atoms with Crippen LogP contribution in [0.1, 0.15) is 35.4 Å². The van der Waals surface area contributed by atoms with Gasteiger partial charge >= 0.3 is 6.18 Å². The number of rotatable bonds is 5. The number of hydrogen-bond acceptors (Lipinski definition) is 6. The fraction of sp³-hybridized carbons (Fsp3) is 0.360. The number of benzene rings is 2. The Bertz CT molecular complexity index is 1360. The Balaban J connectivity index is 1.55. The van der Waals surface area contributed by atoms with Crippen LogP contribution in [-0.2, 0) is 29.3 Å². The summed E-state index contributed by atoms with van der Waals surface area (Å²) in [4.78, 5) is 10.7. The molecule has 5 rings (SSSR count). The second kappa shape index (κ2) is 9.04. The minimum atomic E-state index is -4.54. The van der Waals surface area contributed by atoms with Crippen molar-refractivity contribution in [2.75, 3.05) is 17.2 Å². The van der Waals surface area contributed by atoms with E-state index in [4.69, 9.17) is 5.73 Å². The summed E-state index contributed by atoms with van der Waals surface area (Å²) in [5.41, 5.74) is 8.02. The number of hydrogen-bond donors (Lipinski definition) is 1. The molecule has 2 aromatic carbocycles. The van der Waals surface area contributed by atoms with E-state index in [1.54, 1.807) is 12.4 Å². The zero-order chi connectivity index (χ0) is 25.7. The molecule has 11 heteroatoms. The molecule has 2 heterocycles. The summed E-state index contributed by atoms with van der Waals surface area (Å²) in [5, 5.41) is 0. The minimum absolute atomic E-state index is 0.119. The van der Waals surface area contributed by atoms with Crippen molar-refractivity contribution >= 4 is 21.4 Å². The number of fused-ring (bicyclic) bond motifs is 1. The van der Waals surface area contributed by atoms with E-state index in [9.17, 15) is 21.6 Å². The molecule has 1 atom stereocenters. The fourth-order valence-corrected chi connectivity index (χ4v) is 6.15. The molecule has 0 radical (unpaired) electrons. The van der Waals surface area contributed by atoms with Crippen LogP contribution in [0.4, 0.5) is 24.5 Å². The average molecular weight is 518 g/mol.